The third-order valence-corrected chi connectivity index (χ3v) is 2.29. The van der Waals surface area contributed by atoms with Gasteiger partial charge in [0.1, 0.15) is 0 Å². The van der Waals surface area contributed by atoms with Crippen LogP contribution >= 0.6 is 0 Å². The molecular weight excluding hydrogens is 180 g/mol. The second kappa shape index (κ2) is 4.46. The van der Waals surface area contributed by atoms with Crippen LogP contribution in [-0.2, 0) is 11.3 Å². The smallest absolute Gasteiger partial charge is 0.328 e. The van der Waals surface area contributed by atoms with E-state index in [0.29, 0.717) is 6.54 Å². The summed E-state index contributed by atoms with van der Waals surface area (Å²) in [6.07, 6.45) is 3.68. The first-order valence-electron chi connectivity index (χ1n) is 4.86. The van der Waals surface area contributed by atoms with Gasteiger partial charge in [0.25, 0.3) is 0 Å². The predicted octanol–water partition coefficient (Wildman–Crippen LogP) is 1.27. The van der Waals surface area contributed by atoms with Crippen molar-refractivity contribution in [2.45, 2.75) is 39.5 Å². The molecule has 0 spiro atoms. The lowest BCUT2D eigenvalue weighted by atomic mass is 10.4. The van der Waals surface area contributed by atoms with Crippen LogP contribution in [0.4, 0.5) is 0 Å². The van der Waals surface area contributed by atoms with Crippen LogP contribution in [0, 0.1) is 0 Å². The highest BCUT2D eigenvalue weighted by molar-refractivity contribution is 4.84. The van der Waals surface area contributed by atoms with Crippen LogP contribution in [0.25, 0.3) is 0 Å². The summed E-state index contributed by atoms with van der Waals surface area (Å²) in [6, 6.07) is 0.210. The zero-order valence-corrected chi connectivity index (χ0v) is 9.23. The van der Waals surface area contributed by atoms with Gasteiger partial charge in [-0.1, -0.05) is 0 Å². The second-order valence-corrected chi connectivity index (χ2v) is 3.78. The Bertz CT molecular complexity index is 338. The van der Waals surface area contributed by atoms with Gasteiger partial charge in [-0.2, -0.15) is 0 Å². The summed E-state index contributed by atoms with van der Waals surface area (Å²) >= 11 is 0. The predicted molar refractivity (Wildman–Crippen MR) is 55.5 cm³/mol. The van der Waals surface area contributed by atoms with Gasteiger partial charge in [0.05, 0.1) is 12.6 Å². The summed E-state index contributed by atoms with van der Waals surface area (Å²) in [5.41, 5.74) is 0.0314. The summed E-state index contributed by atoms with van der Waals surface area (Å²) in [6.45, 7) is 6.53. The molecule has 4 heteroatoms. The average molecular weight is 198 g/mol. The van der Waals surface area contributed by atoms with E-state index in [1.165, 1.54) is 0 Å². The van der Waals surface area contributed by atoms with Gasteiger partial charge >= 0.3 is 5.69 Å². The van der Waals surface area contributed by atoms with Gasteiger partial charge < -0.3 is 4.74 Å². The lowest BCUT2D eigenvalue weighted by Gasteiger charge is -2.09. The van der Waals surface area contributed by atoms with Crippen LogP contribution in [0.2, 0.25) is 0 Å². The molecule has 0 bridgehead atoms. The van der Waals surface area contributed by atoms with E-state index in [1.807, 2.05) is 27.0 Å². The molecule has 1 atom stereocenters. The van der Waals surface area contributed by atoms with Crippen LogP contribution in [0.1, 0.15) is 26.8 Å². The molecule has 0 aliphatic heterocycles. The molecule has 4 nitrogen and oxygen atoms in total. The topological polar surface area (TPSA) is 36.2 Å². The molecule has 0 N–H and O–H groups in total. The molecule has 1 aromatic rings. The Kier molecular flexibility index (Phi) is 3.52. The molecule has 0 aliphatic carbocycles. The lowest BCUT2D eigenvalue weighted by molar-refractivity contribution is 0.102. The summed E-state index contributed by atoms with van der Waals surface area (Å²) < 4.78 is 8.50. The highest BCUT2D eigenvalue weighted by Crippen LogP contribution is 2.00. The average Bonchev–Trinajstić information content (AvgIpc) is 2.48. The quantitative estimate of drug-likeness (QED) is 0.730. The van der Waals surface area contributed by atoms with Crippen molar-refractivity contribution in [1.82, 2.24) is 9.13 Å². The first-order chi connectivity index (χ1) is 6.56. The Morgan fingerprint density at radius 3 is 2.43 bits per heavy atom. The Morgan fingerprint density at radius 2 is 2.00 bits per heavy atom. The third-order valence-electron chi connectivity index (χ3n) is 2.29. The molecule has 0 aliphatic rings. The summed E-state index contributed by atoms with van der Waals surface area (Å²) in [7, 11) is 1.65. The van der Waals surface area contributed by atoms with Gasteiger partial charge in [0, 0.05) is 25.5 Å². The molecule has 0 amide bonds. The van der Waals surface area contributed by atoms with Crippen LogP contribution in [-0.4, -0.2) is 22.3 Å². The molecule has 1 unspecified atom stereocenters. The van der Waals surface area contributed by atoms with E-state index in [2.05, 4.69) is 0 Å². The number of rotatable bonds is 4. The fraction of sp³-hybridized carbons (Fsp3) is 0.700. The number of methoxy groups -OCH3 is 1. The Morgan fingerprint density at radius 1 is 1.36 bits per heavy atom. The Labute approximate surface area is 84.1 Å². The van der Waals surface area contributed by atoms with Crippen LogP contribution < -0.4 is 5.69 Å². The number of hydrogen-bond acceptors (Lipinski definition) is 2. The van der Waals surface area contributed by atoms with Crippen molar-refractivity contribution >= 4 is 0 Å². The van der Waals surface area contributed by atoms with E-state index in [1.54, 1.807) is 22.4 Å². The van der Waals surface area contributed by atoms with Crippen molar-refractivity contribution < 1.29 is 4.74 Å². The highest BCUT2D eigenvalue weighted by Gasteiger charge is 2.08. The van der Waals surface area contributed by atoms with Crippen molar-refractivity contribution in [3.05, 3.63) is 22.9 Å². The molecule has 1 rings (SSSR count). The minimum absolute atomic E-state index is 0.0314. The van der Waals surface area contributed by atoms with E-state index in [0.717, 1.165) is 0 Å². The molecule has 1 aromatic heterocycles. The first kappa shape index (κ1) is 11.0. The minimum Gasteiger partial charge on any atom is -0.380 e. The van der Waals surface area contributed by atoms with Gasteiger partial charge in [-0.25, -0.2) is 4.79 Å². The van der Waals surface area contributed by atoms with Crippen molar-refractivity contribution in [3.8, 4) is 0 Å². The standard InChI is InChI=1S/C10H18N2O2/c1-8(2)12-6-5-11(10(12)13)7-9(3)14-4/h5-6,8-9H,7H2,1-4H3. The fourth-order valence-corrected chi connectivity index (χ4v) is 1.31. The molecule has 0 saturated heterocycles. The van der Waals surface area contributed by atoms with E-state index in [9.17, 15) is 4.79 Å². The van der Waals surface area contributed by atoms with Crippen molar-refractivity contribution in [3.63, 3.8) is 0 Å². The highest BCUT2D eigenvalue weighted by atomic mass is 16.5. The van der Waals surface area contributed by atoms with E-state index in [-0.39, 0.29) is 17.8 Å². The third kappa shape index (κ3) is 2.26. The molecule has 14 heavy (non-hydrogen) atoms. The minimum atomic E-state index is 0.0314. The fourth-order valence-electron chi connectivity index (χ4n) is 1.31. The number of hydrogen-bond donors (Lipinski definition) is 0. The summed E-state index contributed by atoms with van der Waals surface area (Å²) in [4.78, 5) is 11.7. The van der Waals surface area contributed by atoms with Gasteiger partial charge in [0.15, 0.2) is 0 Å². The maximum atomic E-state index is 11.7. The molecule has 1 heterocycles. The lowest BCUT2D eigenvalue weighted by Crippen LogP contribution is -2.28. The van der Waals surface area contributed by atoms with Crippen molar-refractivity contribution in [2.75, 3.05) is 7.11 Å². The zero-order valence-electron chi connectivity index (χ0n) is 9.23. The number of ether oxygens (including phenoxy) is 1. The maximum absolute atomic E-state index is 11.7. The van der Waals surface area contributed by atoms with Crippen LogP contribution in [0.3, 0.4) is 0 Å². The summed E-state index contributed by atoms with van der Waals surface area (Å²) in [5, 5.41) is 0. The van der Waals surface area contributed by atoms with E-state index in [4.69, 9.17) is 4.74 Å². The molecular formula is C10H18N2O2. The van der Waals surface area contributed by atoms with Crippen LogP contribution in [0.5, 0.6) is 0 Å². The SMILES string of the molecule is COC(C)Cn1ccn(C(C)C)c1=O. The van der Waals surface area contributed by atoms with Gasteiger partial charge in [-0.3, -0.25) is 9.13 Å². The van der Waals surface area contributed by atoms with Crippen molar-refractivity contribution in [1.29, 1.82) is 0 Å². The van der Waals surface area contributed by atoms with Crippen molar-refractivity contribution in [2.24, 2.45) is 0 Å². The summed E-state index contributed by atoms with van der Waals surface area (Å²) in [5.74, 6) is 0. The first-order valence-corrected chi connectivity index (χ1v) is 4.86. The maximum Gasteiger partial charge on any atom is 0.328 e. The van der Waals surface area contributed by atoms with Crippen LogP contribution in [0.15, 0.2) is 17.2 Å². The number of nitrogens with zero attached hydrogens (tertiary/aromatic N) is 2. The van der Waals surface area contributed by atoms with E-state index < -0.39 is 0 Å². The normalized spacial score (nSPS) is 13.5. The Hall–Kier alpha value is -1.03. The largest absolute Gasteiger partial charge is 0.380 e. The molecule has 0 radical (unpaired) electrons. The monoisotopic (exact) mass is 198 g/mol. The molecule has 0 aromatic carbocycles. The Balaban J connectivity index is 2.85. The van der Waals surface area contributed by atoms with Gasteiger partial charge in [0.2, 0.25) is 0 Å². The molecule has 0 fully saturated rings. The van der Waals surface area contributed by atoms with Gasteiger partial charge in [-0.15, -0.1) is 0 Å². The number of imidazole rings is 1. The molecule has 0 saturated carbocycles. The van der Waals surface area contributed by atoms with E-state index >= 15 is 0 Å². The zero-order chi connectivity index (χ0) is 10.7. The second-order valence-electron chi connectivity index (χ2n) is 3.78. The molecule has 80 valence electrons. The van der Waals surface area contributed by atoms with Gasteiger partial charge in [-0.05, 0) is 20.8 Å². The number of aromatic nitrogens is 2.